The van der Waals surface area contributed by atoms with Crippen molar-refractivity contribution < 1.29 is 4.42 Å². The zero-order valence-electron chi connectivity index (χ0n) is 20.4. The Hall–Kier alpha value is -3.86. The molecular formula is C30H31N3O2. The van der Waals surface area contributed by atoms with Gasteiger partial charge in [-0.2, -0.15) is 0 Å². The molecule has 5 nitrogen and oxygen atoms in total. The first-order valence-corrected chi connectivity index (χ1v) is 12.6. The second kappa shape index (κ2) is 10.2. The number of anilines is 1. The molecular weight excluding hydrogens is 434 g/mol. The third kappa shape index (κ3) is 4.59. The van der Waals surface area contributed by atoms with Crippen LogP contribution in [-0.4, -0.2) is 22.6 Å². The molecule has 5 aromatic rings. The van der Waals surface area contributed by atoms with Crippen molar-refractivity contribution in [2.45, 2.75) is 39.5 Å². The Labute approximate surface area is 205 Å². The first kappa shape index (κ1) is 22.9. The van der Waals surface area contributed by atoms with E-state index in [9.17, 15) is 4.79 Å². The summed E-state index contributed by atoms with van der Waals surface area (Å²) >= 11 is 0. The molecule has 0 N–H and O–H groups in total. The largest absolute Gasteiger partial charge is 0.422 e. The smallest absolute Gasteiger partial charge is 0.347 e. The molecule has 0 atom stereocenters. The molecule has 2 aromatic heterocycles. The van der Waals surface area contributed by atoms with Gasteiger partial charge < -0.3 is 9.32 Å². The van der Waals surface area contributed by atoms with Gasteiger partial charge in [-0.25, -0.2) is 9.78 Å². The lowest BCUT2D eigenvalue weighted by molar-refractivity contribution is 0.562. The standard InChI is InChI=1S/C30H31N3O2/c1-3-5-18-32(19-6-4-2)24-17-16-22-20-25(30(34)35-28(22)21-24)29-31-26-14-10-11-15-27(26)33(29)23-12-8-7-9-13-23/h7-17,20-21H,3-6,18-19H2,1-2H3. The van der Waals surface area contributed by atoms with Gasteiger partial charge in [-0.1, -0.05) is 57.0 Å². The van der Waals surface area contributed by atoms with Gasteiger partial charge in [0.2, 0.25) is 0 Å². The molecule has 0 aliphatic heterocycles. The third-order valence-electron chi connectivity index (χ3n) is 6.46. The van der Waals surface area contributed by atoms with Crippen molar-refractivity contribution >= 4 is 27.7 Å². The molecule has 5 rings (SSSR count). The molecule has 0 radical (unpaired) electrons. The fraction of sp³-hybridized carbons (Fsp3) is 0.267. The van der Waals surface area contributed by atoms with Gasteiger partial charge in [0.1, 0.15) is 11.1 Å². The maximum absolute atomic E-state index is 13.3. The normalized spacial score (nSPS) is 11.4. The minimum Gasteiger partial charge on any atom is -0.422 e. The summed E-state index contributed by atoms with van der Waals surface area (Å²) in [7, 11) is 0. The number of aromatic nitrogens is 2. The third-order valence-corrected chi connectivity index (χ3v) is 6.46. The van der Waals surface area contributed by atoms with Crippen LogP contribution < -0.4 is 10.5 Å². The summed E-state index contributed by atoms with van der Waals surface area (Å²) < 4.78 is 7.93. The highest BCUT2D eigenvalue weighted by Gasteiger charge is 2.19. The summed E-state index contributed by atoms with van der Waals surface area (Å²) in [6.45, 7) is 6.43. The number of nitrogens with zero attached hydrogens (tertiary/aromatic N) is 3. The molecule has 0 bridgehead atoms. The summed E-state index contributed by atoms with van der Waals surface area (Å²) in [6.07, 6.45) is 4.58. The summed E-state index contributed by atoms with van der Waals surface area (Å²) in [5, 5.41) is 0.890. The van der Waals surface area contributed by atoms with Gasteiger partial charge in [0.25, 0.3) is 0 Å². The van der Waals surface area contributed by atoms with E-state index >= 15 is 0 Å². The molecule has 178 valence electrons. The van der Waals surface area contributed by atoms with Crippen molar-refractivity contribution in [2.75, 3.05) is 18.0 Å². The van der Waals surface area contributed by atoms with Crippen LogP contribution in [0.25, 0.3) is 39.1 Å². The molecule has 0 aliphatic rings. The number of para-hydroxylation sites is 3. The Morgan fingerprint density at radius 3 is 2.31 bits per heavy atom. The minimum absolute atomic E-state index is 0.379. The summed E-state index contributed by atoms with van der Waals surface area (Å²) in [6, 6.07) is 26.0. The first-order chi connectivity index (χ1) is 17.2. The number of unbranched alkanes of at least 4 members (excludes halogenated alkanes) is 2. The van der Waals surface area contributed by atoms with Gasteiger partial charge in [0.05, 0.1) is 11.0 Å². The van der Waals surface area contributed by atoms with Crippen molar-refractivity contribution in [1.82, 2.24) is 9.55 Å². The van der Waals surface area contributed by atoms with E-state index in [1.807, 2.05) is 71.3 Å². The fourth-order valence-corrected chi connectivity index (χ4v) is 4.57. The van der Waals surface area contributed by atoms with Gasteiger partial charge in [0.15, 0.2) is 5.82 Å². The number of rotatable bonds is 9. The zero-order valence-corrected chi connectivity index (χ0v) is 20.4. The highest BCUT2D eigenvalue weighted by molar-refractivity contribution is 5.87. The average molecular weight is 466 g/mol. The van der Waals surface area contributed by atoms with E-state index in [1.54, 1.807) is 0 Å². The summed E-state index contributed by atoms with van der Waals surface area (Å²) in [5.41, 5.74) is 4.53. The predicted octanol–water partition coefficient (Wildman–Crippen LogP) is 7.21. The molecule has 0 saturated heterocycles. The van der Waals surface area contributed by atoms with Crippen LogP contribution >= 0.6 is 0 Å². The number of imidazole rings is 1. The quantitative estimate of drug-likeness (QED) is 0.216. The molecule has 35 heavy (non-hydrogen) atoms. The monoisotopic (exact) mass is 465 g/mol. The number of benzene rings is 3. The molecule has 0 fully saturated rings. The van der Waals surface area contributed by atoms with E-state index in [-0.39, 0.29) is 5.63 Å². The Bertz CT molecular complexity index is 1490. The molecule has 0 amide bonds. The second-order valence-electron chi connectivity index (χ2n) is 8.96. The lowest BCUT2D eigenvalue weighted by Crippen LogP contribution is -2.25. The predicted molar refractivity (Wildman–Crippen MR) is 145 cm³/mol. The Morgan fingerprint density at radius 2 is 1.57 bits per heavy atom. The Kier molecular flexibility index (Phi) is 6.66. The first-order valence-electron chi connectivity index (χ1n) is 12.6. The van der Waals surface area contributed by atoms with Crippen molar-refractivity contribution in [2.24, 2.45) is 0 Å². The van der Waals surface area contributed by atoms with E-state index in [0.29, 0.717) is 17.0 Å². The van der Waals surface area contributed by atoms with E-state index in [2.05, 4.69) is 30.9 Å². The average Bonchev–Trinajstić information content (AvgIpc) is 3.28. The van der Waals surface area contributed by atoms with Crippen LogP contribution in [0.4, 0.5) is 5.69 Å². The van der Waals surface area contributed by atoms with E-state index in [1.165, 1.54) is 0 Å². The summed E-state index contributed by atoms with van der Waals surface area (Å²) in [5.74, 6) is 0.588. The van der Waals surface area contributed by atoms with Gasteiger partial charge in [-0.15, -0.1) is 0 Å². The highest BCUT2D eigenvalue weighted by Crippen LogP contribution is 2.30. The van der Waals surface area contributed by atoms with Crippen LogP contribution in [0.5, 0.6) is 0 Å². The lowest BCUT2D eigenvalue weighted by atomic mass is 10.1. The van der Waals surface area contributed by atoms with Gasteiger partial charge in [0, 0.05) is 35.9 Å². The lowest BCUT2D eigenvalue weighted by Gasteiger charge is -2.24. The van der Waals surface area contributed by atoms with Crippen molar-refractivity contribution in [1.29, 1.82) is 0 Å². The number of fused-ring (bicyclic) bond motifs is 2. The minimum atomic E-state index is -0.379. The Balaban J connectivity index is 1.62. The van der Waals surface area contributed by atoms with Crippen LogP contribution in [0, 0.1) is 0 Å². The summed E-state index contributed by atoms with van der Waals surface area (Å²) in [4.78, 5) is 20.5. The van der Waals surface area contributed by atoms with Gasteiger partial charge in [-0.05, 0) is 55.3 Å². The van der Waals surface area contributed by atoms with Crippen molar-refractivity contribution in [3.05, 3.63) is 89.3 Å². The molecule has 0 unspecified atom stereocenters. The molecule has 0 spiro atoms. The van der Waals surface area contributed by atoms with Crippen LogP contribution in [0.2, 0.25) is 0 Å². The molecule has 5 heteroatoms. The van der Waals surface area contributed by atoms with Gasteiger partial charge >= 0.3 is 5.63 Å². The van der Waals surface area contributed by atoms with Crippen LogP contribution in [0.3, 0.4) is 0 Å². The van der Waals surface area contributed by atoms with Gasteiger partial charge in [-0.3, -0.25) is 4.57 Å². The zero-order chi connectivity index (χ0) is 24.2. The van der Waals surface area contributed by atoms with Crippen LogP contribution in [-0.2, 0) is 0 Å². The van der Waals surface area contributed by atoms with E-state index in [0.717, 1.165) is 66.6 Å². The van der Waals surface area contributed by atoms with Crippen LogP contribution in [0.15, 0.2) is 88.1 Å². The molecule has 2 heterocycles. The second-order valence-corrected chi connectivity index (χ2v) is 8.96. The maximum atomic E-state index is 13.3. The molecule has 0 aliphatic carbocycles. The van der Waals surface area contributed by atoms with Crippen LogP contribution in [0.1, 0.15) is 39.5 Å². The maximum Gasteiger partial charge on any atom is 0.347 e. The van der Waals surface area contributed by atoms with Crippen molar-refractivity contribution in [3.8, 4) is 17.1 Å². The number of hydrogen-bond acceptors (Lipinski definition) is 4. The number of hydrogen-bond donors (Lipinski definition) is 0. The highest BCUT2D eigenvalue weighted by atomic mass is 16.4. The molecule has 3 aromatic carbocycles. The fourth-order valence-electron chi connectivity index (χ4n) is 4.57. The molecule has 0 saturated carbocycles. The Morgan fingerprint density at radius 1 is 0.857 bits per heavy atom. The topological polar surface area (TPSA) is 51.3 Å². The SMILES string of the molecule is CCCCN(CCCC)c1ccc2cc(-c3nc4ccccc4n3-c3ccccc3)c(=O)oc2c1. The van der Waals surface area contributed by atoms with Crippen molar-refractivity contribution in [3.63, 3.8) is 0 Å². The van der Waals surface area contributed by atoms with E-state index in [4.69, 9.17) is 9.40 Å². The van der Waals surface area contributed by atoms with E-state index < -0.39 is 0 Å².